The number of benzene rings is 2. The lowest BCUT2D eigenvalue weighted by Crippen LogP contribution is -2.21. The lowest BCUT2D eigenvalue weighted by Gasteiger charge is -2.22. The molecule has 0 saturated carbocycles. The molecule has 0 unspecified atom stereocenters. The Bertz CT molecular complexity index is 1200. The van der Waals surface area contributed by atoms with Crippen LogP contribution in [0.1, 0.15) is 41.8 Å². The fourth-order valence-corrected chi connectivity index (χ4v) is 4.02. The van der Waals surface area contributed by atoms with E-state index in [1.165, 1.54) is 3.57 Å². The third kappa shape index (κ3) is 7.16. The normalized spacial score (nSPS) is 10.9. The first-order valence-corrected chi connectivity index (χ1v) is 12.5. The molecule has 7 nitrogen and oxygen atoms in total. The highest BCUT2D eigenvalue weighted by atomic mass is 127. The van der Waals surface area contributed by atoms with Crippen molar-refractivity contribution in [2.75, 3.05) is 30.5 Å². The van der Waals surface area contributed by atoms with Gasteiger partial charge in [0.05, 0.1) is 12.8 Å². The first kappa shape index (κ1) is 26.4. The van der Waals surface area contributed by atoms with Crippen molar-refractivity contribution in [1.29, 1.82) is 5.26 Å². The molecule has 2 aromatic carbocycles. The molecule has 35 heavy (non-hydrogen) atoms. The van der Waals surface area contributed by atoms with Gasteiger partial charge in [-0.05, 0) is 79.3 Å². The zero-order chi connectivity index (χ0) is 25.2. The number of nitrogens with zero attached hydrogens (tertiary/aromatic N) is 4. The number of aromatic nitrogens is 1. The van der Waals surface area contributed by atoms with Crippen LogP contribution in [0.25, 0.3) is 0 Å². The number of ether oxygens (including phenoxy) is 2. The number of rotatable bonds is 11. The molecule has 0 spiro atoms. The number of hydrazone groups is 1. The number of pyridine rings is 1. The van der Waals surface area contributed by atoms with Gasteiger partial charge < -0.3 is 14.4 Å². The highest BCUT2D eigenvalue weighted by Crippen LogP contribution is 2.26. The maximum Gasteiger partial charge on any atom is 0.164 e. The molecule has 0 aliphatic carbocycles. The van der Waals surface area contributed by atoms with Crippen molar-refractivity contribution in [1.82, 2.24) is 4.98 Å². The predicted molar refractivity (Wildman–Crippen MR) is 149 cm³/mol. The smallest absolute Gasteiger partial charge is 0.164 e. The van der Waals surface area contributed by atoms with Gasteiger partial charge in [0.25, 0.3) is 0 Å². The summed E-state index contributed by atoms with van der Waals surface area (Å²) < 4.78 is 12.6. The van der Waals surface area contributed by atoms with Crippen LogP contribution in [-0.2, 0) is 18.0 Å². The summed E-state index contributed by atoms with van der Waals surface area (Å²) in [6.45, 7) is 8.73. The van der Waals surface area contributed by atoms with Gasteiger partial charge in [-0.1, -0.05) is 12.1 Å². The maximum absolute atomic E-state index is 9.64. The van der Waals surface area contributed by atoms with Crippen LogP contribution in [0.3, 0.4) is 0 Å². The van der Waals surface area contributed by atoms with Gasteiger partial charge in [0.1, 0.15) is 24.0 Å². The van der Waals surface area contributed by atoms with E-state index < -0.39 is 0 Å². The molecule has 0 radical (unpaired) electrons. The van der Waals surface area contributed by atoms with Crippen LogP contribution in [0.4, 0.5) is 11.5 Å². The predicted octanol–water partition coefficient (Wildman–Crippen LogP) is 5.88. The van der Waals surface area contributed by atoms with E-state index in [0.717, 1.165) is 46.9 Å². The average Bonchev–Trinajstić information content (AvgIpc) is 2.85. The molecule has 0 aliphatic rings. The van der Waals surface area contributed by atoms with Crippen LogP contribution >= 0.6 is 22.6 Å². The van der Waals surface area contributed by atoms with E-state index in [9.17, 15) is 5.26 Å². The third-order valence-corrected chi connectivity index (χ3v) is 6.17. The van der Waals surface area contributed by atoms with Crippen LogP contribution in [0.5, 0.6) is 5.75 Å². The van der Waals surface area contributed by atoms with Gasteiger partial charge >= 0.3 is 0 Å². The van der Waals surface area contributed by atoms with E-state index in [-0.39, 0.29) is 0 Å². The summed E-state index contributed by atoms with van der Waals surface area (Å²) in [5.41, 5.74) is 7.90. The van der Waals surface area contributed by atoms with Gasteiger partial charge in [-0.2, -0.15) is 10.4 Å². The Morgan fingerprint density at radius 1 is 1.11 bits per heavy atom. The van der Waals surface area contributed by atoms with Crippen molar-refractivity contribution in [2.45, 2.75) is 34.0 Å². The molecule has 0 aliphatic heterocycles. The Morgan fingerprint density at radius 2 is 1.86 bits per heavy atom. The van der Waals surface area contributed by atoms with Gasteiger partial charge in [0, 0.05) is 52.3 Å². The van der Waals surface area contributed by atoms with Gasteiger partial charge in [-0.15, -0.1) is 0 Å². The molecule has 0 bridgehead atoms. The fraction of sp³-hybridized carbons (Fsp3) is 0.296. The standard InChI is InChI=1S/C27H30IN5O2/c1-5-33(6-2)24-12-9-21(26(14-24)35-17-20-7-10-23(28)11-8-20)16-30-32-27-25(15-29)22(18-34-4)13-19(3)31-27/h7-14,16H,5-6,17-18H2,1-4H3,(H,31,32)/b30-16-. The maximum atomic E-state index is 9.64. The second-order valence-corrected chi connectivity index (χ2v) is 9.12. The second kappa shape index (κ2) is 13.1. The number of nitriles is 1. The SMILES string of the molecule is CCN(CC)c1ccc(/C=N\Nc2nc(C)cc(COC)c2C#N)c(OCc2ccc(I)cc2)c1. The number of hydrogen-bond acceptors (Lipinski definition) is 7. The quantitative estimate of drug-likeness (QED) is 0.172. The van der Waals surface area contributed by atoms with Gasteiger partial charge in [-0.25, -0.2) is 4.98 Å². The molecule has 3 aromatic rings. The topological polar surface area (TPSA) is 82.8 Å². The van der Waals surface area contributed by atoms with E-state index in [0.29, 0.717) is 24.6 Å². The fourth-order valence-electron chi connectivity index (χ4n) is 3.66. The Hall–Kier alpha value is -3.16. The summed E-state index contributed by atoms with van der Waals surface area (Å²) in [5.74, 6) is 1.13. The average molecular weight is 583 g/mol. The van der Waals surface area contributed by atoms with Crippen LogP contribution in [0.2, 0.25) is 0 Å². The molecule has 0 saturated heterocycles. The zero-order valence-corrected chi connectivity index (χ0v) is 22.7. The largest absolute Gasteiger partial charge is 0.488 e. The molecule has 0 atom stereocenters. The first-order chi connectivity index (χ1) is 17.0. The monoisotopic (exact) mass is 583 g/mol. The Morgan fingerprint density at radius 3 is 2.51 bits per heavy atom. The Labute approximate surface area is 220 Å². The lowest BCUT2D eigenvalue weighted by atomic mass is 10.1. The van der Waals surface area contributed by atoms with Crippen molar-refractivity contribution in [3.63, 3.8) is 0 Å². The molecule has 1 heterocycles. The lowest BCUT2D eigenvalue weighted by molar-refractivity contribution is 0.184. The summed E-state index contributed by atoms with van der Waals surface area (Å²) in [6, 6.07) is 18.4. The summed E-state index contributed by atoms with van der Waals surface area (Å²) in [4.78, 5) is 6.71. The van der Waals surface area contributed by atoms with E-state index in [4.69, 9.17) is 9.47 Å². The number of nitrogens with one attached hydrogen (secondary N) is 1. The molecule has 1 aromatic heterocycles. The minimum atomic E-state index is 0.327. The van der Waals surface area contributed by atoms with Crippen molar-refractivity contribution in [3.05, 3.63) is 80.0 Å². The summed E-state index contributed by atoms with van der Waals surface area (Å²) in [7, 11) is 1.60. The van der Waals surface area contributed by atoms with Crippen molar-refractivity contribution < 1.29 is 9.47 Å². The number of halogens is 1. The Kier molecular flexibility index (Phi) is 9.87. The van der Waals surface area contributed by atoms with Crippen LogP contribution in [0, 0.1) is 21.8 Å². The molecule has 1 N–H and O–H groups in total. The van der Waals surface area contributed by atoms with Crippen molar-refractivity contribution in [2.24, 2.45) is 5.10 Å². The molecule has 3 rings (SSSR count). The molecule has 0 amide bonds. The third-order valence-electron chi connectivity index (χ3n) is 5.45. The highest BCUT2D eigenvalue weighted by molar-refractivity contribution is 14.1. The number of methoxy groups -OCH3 is 1. The molecule has 0 fully saturated rings. The van der Waals surface area contributed by atoms with Crippen molar-refractivity contribution in [3.8, 4) is 11.8 Å². The number of hydrogen-bond donors (Lipinski definition) is 1. The molecular formula is C27H30IN5O2. The van der Waals surface area contributed by atoms with Crippen molar-refractivity contribution >= 4 is 40.3 Å². The van der Waals surface area contributed by atoms with Gasteiger partial charge in [0.15, 0.2) is 5.82 Å². The first-order valence-electron chi connectivity index (χ1n) is 11.4. The summed E-state index contributed by atoms with van der Waals surface area (Å²) in [5, 5.41) is 14.0. The number of aryl methyl sites for hydroxylation is 1. The van der Waals surface area contributed by atoms with Gasteiger partial charge in [0.2, 0.25) is 0 Å². The molecular weight excluding hydrogens is 553 g/mol. The minimum absolute atomic E-state index is 0.327. The van der Waals surface area contributed by atoms with E-state index >= 15 is 0 Å². The molecule has 8 heteroatoms. The van der Waals surface area contributed by atoms with E-state index in [2.05, 4.69) is 93.3 Å². The van der Waals surface area contributed by atoms with Gasteiger partial charge in [-0.3, -0.25) is 5.43 Å². The van der Waals surface area contributed by atoms with Crippen LogP contribution in [0.15, 0.2) is 53.6 Å². The number of anilines is 2. The highest BCUT2D eigenvalue weighted by Gasteiger charge is 2.12. The zero-order valence-electron chi connectivity index (χ0n) is 20.5. The van der Waals surface area contributed by atoms with E-state index in [1.54, 1.807) is 13.3 Å². The second-order valence-electron chi connectivity index (χ2n) is 7.87. The molecule has 182 valence electrons. The Balaban J connectivity index is 1.87. The van der Waals surface area contributed by atoms with E-state index in [1.807, 2.05) is 25.1 Å². The van der Waals surface area contributed by atoms with Crippen LogP contribution < -0.4 is 15.1 Å². The summed E-state index contributed by atoms with van der Waals surface area (Å²) >= 11 is 2.29. The van der Waals surface area contributed by atoms with Crippen LogP contribution in [-0.4, -0.2) is 31.4 Å². The summed E-state index contributed by atoms with van der Waals surface area (Å²) in [6.07, 6.45) is 1.69. The minimum Gasteiger partial charge on any atom is -0.488 e.